The van der Waals surface area contributed by atoms with Crippen LogP contribution in [0.1, 0.15) is 32.3 Å². The Hall–Kier alpha value is -1.10. The molecule has 0 bridgehead atoms. The van der Waals surface area contributed by atoms with Crippen LogP contribution >= 0.6 is 15.9 Å². The van der Waals surface area contributed by atoms with Crippen LogP contribution in [0.4, 0.5) is 11.4 Å². The average molecular weight is 315 g/mol. The molecule has 0 fully saturated rings. The minimum atomic E-state index is -0.354. The third-order valence-electron chi connectivity index (χ3n) is 3.29. The van der Waals surface area contributed by atoms with Crippen molar-refractivity contribution in [3.05, 3.63) is 33.9 Å². The minimum absolute atomic E-state index is 0.145. The predicted molar refractivity (Wildman–Crippen MR) is 78.5 cm³/mol. The first-order valence-electron chi connectivity index (χ1n) is 6.11. The molecule has 100 valence electrons. The van der Waals surface area contributed by atoms with Crippen LogP contribution in [0.3, 0.4) is 0 Å². The number of alkyl halides is 1. The van der Waals surface area contributed by atoms with E-state index in [1.54, 1.807) is 12.1 Å². The summed E-state index contributed by atoms with van der Waals surface area (Å²) in [5.41, 5.74) is 2.16. The van der Waals surface area contributed by atoms with Crippen molar-refractivity contribution >= 4 is 27.3 Å². The Morgan fingerprint density at radius 1 is 1.39 bits per heavy atom. The lowest BCUT2D eigenvalue weighted by molar-refractivity contribution is -0.384. The molecule has 0 saturated carbocycles. The van der Waals surface area contributed by atoms with E-state index in [4.69, 9.17) is 0 Å². The number of halogens is 1. The van der Waals surface area contributed by atoms with Gasteiger partial charge in [-0.15, -0.1) is 0 Å². The van der Waals surface area contributed by atoms with Gasteiger partial charge in [-0.05, 0) is 24.5 Å². The van der Waals surface area contributed by atoms with E-state index in [-0.39, 0.29) is 10.6 Å². The number of benzene rings is 1. The highest BCUT2D eigenvalue weighted by molar-refractivity contribution is 9.08. The van der Waals surface area contributed by atoms with Gasteiger partial charge in [-0.2, -0.15) is 0 Å². The van der Waals surface area contributed by atoms with Crippen LogP contribution < -0.4 is 4.90 Å². The molecule has 5 heteroatoms. The first kappa shape index (κ1) is 15.0. The maximum Gasteiger partial charge on any atom is 0.269 e. The molecule has 0 unspecified atom stereocenters. The Morgan fingerprint density at radius 2 is 2.00 bits per heavy atom. The van der Waals surface area contributed by atoms with Gasteiger partial charge in [0.2, 0.25) is 0 Å². The van der Waals surface area contributed by atoms with E-state index in [0.29, 0.717) is 11.4 Å². The third kappa shape index (κ3) is 3.22. The van der Waals surface area contributed by atoms with Crippen LogP contribution in [0.25, 0.3) is 0 Å². The van der Waals surface area contributed by atoms with Crippen molar-refractivity contribution in [2.75, 3.05) is 11.9 Å². The van der Waals surface area contributed by atoms with E-state index in [0.717, 1.165) is 24.1 Å². The number of rotatable bonds is 6. The van der Waals surface area contributed by atoms with Crippen molar-refractivity contribution < 1.29 is 4.92 Å². The number of anilines is 1. The molecule has 0 saturated heterocycles. The fourth-order valence-electron chi connectivity index (χ4n) is 2.17. The fourth-order valence-corrected chi connectivity index (χ4v) is 2.62. The van der Waals surface area contributed by atoms with Crippen LogP contribution in [0, 0.1) is 10.1 Å². The highest BCUT2D eigenvalue weighted by Gasteiger charge is 2.17. The first-order valence-corrected chi connectivity index (χ1v) is 7.23. The number of hydrogen-bond acceptors (Lipinski definition) is 3. The van der Waals surface area contributed by atoms with Gasteiger partial charge in [-0.1, -0.05) is 29.8 Å². The first-order chi connectivity index (χ1) is 8.54. The molecule has 0 spiro atoms. The molecule has 0 aliphatic carbocycles. The van der Waals surface area contributed by atoms with Crippen molar-refractivity contribution in [2.45, 2.75) is 38.1 Å². The summed E-state index contributed by atoms with van der Waals surface area (Å²) in [7, 11) is 2.05. The second kappa shape index (κ2) is 6.73. The van der Waals surface area contributed by atoms with E-state index in [2.05, 4.69) is 34.7 Å². The maximum atomic E-state index is 10.8. The molecule has 0 atom stereocenters. The summed E-state index contributed by atoms with van der Waals surface area (Å²) < 4.78 is 0. The molecule has 0 heterocycles. The summed E-state index contributed by atoms with van der Waals surface area (Å²) in [5, 5.41) is 11.4. The zero-order valence-corrected chi connectivity index (χ0v) is 12.6. The van der Waals surface area contributed by atoms with Crippen LogP contribution in [0.2, 0.25) is 0 Å². The lowest BCUT2D eigenvalue weighted by Crippen LogP contribution is -2.31. The quantitative estimate of drug-likeness (QED) is 0.451. The van der Waals surface area contributed by atoms with Gasteiger partial charge < -0.3 is 4.90 Å². The van der Waals surface area contributed by atoms with Crippen molar-refractivity contribution in [2.24, 2.45) is 0 Å². The summed E-state index contributed by atoms with van der Waals surface area (Å²) in [5.74, 6) is 0. The average Bonchev–Trinajstić information content (AvgIpc) is 2.39. The van der Waals surface area contributed by atoms with E-state index in [1.807, 2.05) is 13.1 Å². The monoisotopic (exact) mass is 314 g/mol. The van der Waals surface area contributed by atoms with Gasteiger partial charge in [0.25, 0.3) is 5.69 Å². The van der Waals surface area contributed by atoms with E-state index in [9.17, 15) is 10.1 Å². The molecule has 1 rings (SSSR count). The summed E-state index contributed by atoms with van der Waals surface area (Å²) >= 11 is 3.40. The van der Waals surface area contributed by atoms with Gasteiger partial charge in [0.1, 0.15) is 0 Å². The number of nitro groups is 1. The van der Waals surface area contributed by atoms with E-state index >= 15 is 0 Å². The molecule has 1 aromatic carbocycles. The highest BCUT2D eigenvalue weighted by Crippen LogP contribution is 2.28. The number of hydrogen-bond donors (Lipinski definition) is 0. The molecular weight excluding hydrogens is 296 g/mol. The molecule has 18 heavy (non-hydrogen) atoms. The van der Waals surface area contributed by atoms with Crippen LogP contribution in [-0.2, 0) is 5.33 Å². The van der Waals surface area contributed by atoms with Gasteiger partial charge in [0.05, 0.1) is 4.92 Å². The SMILES string of the molecule is CCC(CC)N(C)c1ccc([N+](=O)[O-])cc1CBr. The lowest BCUT2D eigenvalue weighted by Gasteiger charge is -2.30. The second-order valence-corrected chi connectivity index (χ2v) is 4.85. The smallest absolute Gasteiger partial charge is 0.269 e. The molecule has 0 aliphatic heterocycles. The zero-order chi connectivity index (χ0) is 13.7. The molecule has 0 aromatic heterocycles. The van der Waals surface area contributed by atoms with Gasteiger partial charge in [-0.25, -0.2) is 0 Å². The summed E-state index contributed by atoms with van der Waals surface area (Å²) in [6.45, 7) is 4.31. The summed E-state index contributed by atoms with van der Waals surface area (Å²) in [6.07, 6.45) is 2.12. The van der Waals surface area contributed by atoms with Crippen LogP contribution in [0.5, 0.6) is 0 Å². The molecule has 0 N–H and O–H groups in total. The molecule has 1 aromatic rings. The topological polar surface area (TPSA) is 46.4 Å². The Bertz CT molecular complexity index is 419. The van der Waals surface area contributed by atoms with Gasteiger partial charge in [0, 0.05) is 36.2 Å². The zero-order valence-electron chi connectivity index (χ0n) is 11.0. The molecule has 0 amide bonds. The summed E-state index contributed by atoms with van der Waals surface area (Å²) in [4.78, 5) is 12.6. The number of nitrogens with zero attached hydrogens (tertiary/aromatic N) is 2. The Morgan fingerprint density at radius 3 is 2.44 bits per heavy atom. The maximum absolute atomic E-state index is 10.8. The Kier molecular flexibility index (Phi) is 5.59. The Labute approximate surface area is 116 Å². The van der Waals surface area contributed by atoms with Crippen molar-refractivity contribution in [3.8, 4) is 0 Å². The van der Waals surface area contributed by atoms with Crippen molar-refractivity contribution in [3.63, 3.8) is 0 Å². The van der Waals surface area contributed by atoms with Crippen LogP contribution in [0.15, 0.2) is 18.2 Å². The lowest BCUT2D eigenvalue weighted by atomic mass is 10.1. The van der Waals surface area contributed by atoms with Crippen LogP contribution in [-0.4, -0.2) is 18.0 Å². The normalized spacial score (nSPS) is 10.7. The standard InChI is InChI=1S/C13H19BrN2O2/c1-4-11(5-2)15(3)13-7-6-12(16(17)18)8-10(13)9-14/h6-8,11H,4-5,9H2,1-3H3. The van der Waals surface area contributed by atoms with E-state index < -0.39 is 0 Å². The van der Waals surface area contributed by atoms with Crippen molar-refractivity contribution in [1.82, 2.24) is 0 Å². The third-order valence-corrected chi connectivity index (χ3v) is 3.89. The van der Waals surface area contributed by atoms with Crippen molar-refractivity contribution in [1.29, 1.82) is 0 Å². The Balaban J connectivity index is 3.12. The predicted octanol–water partition coefficient (Wildman–Crippen LogP) is 4.11. The number of non-ortho nitro benzene ring substituents is 1. The molecule has 4 nitrogen and oxygen atoms in total. The minimum Gasteiger partial charge on any atom is -0.371 e. The fraction of sp³-hybridized carbons (Fsp3) is 0.538. The highest BCUT2D eigenvalue weighted by atomic mass is 79.9. The summed E-state index contributed by atoms with van der Waals surface area (Å²) in [6, 6.07) is 5.51. The second-order valence-electron chi connectivity index (χ2n) is 4.28. The molecule has 0 radical (unpaired) electrons. The largest absolute Gasteiger partial charge is 0.371 e. The number of nitro benzene ring substituents is 1. The van der Waals surface area contributed by atoms with Gasteiger partial charge in [0.15, 0.2) is 0 Å². The van der Waals surface area contributed by atoms with E-state index in [1.165, 1.54) is 0 Å². The van der Waals surface area contributed by atoms with Gasteiger partial charge in [-0.3, -0.25) is 10.1 Å². The molecule has 0 aliphatic rings. The molecular formula is C13H19BrN2O2. The van der Waals surface area contributed by atoms with Gasteiger partial charge >= 0.3 is 0 Å².